The number of anilines is 1. The molecule has 3 aliphatic heterocycles. The summed E-state index contributed by atoms with van der Waals surface area (Å²) in [5.41, 5.74) is 3.60. The average Bonchev–Trinajstić information content (AvgIpc) is 3.36. The largest absolute Gasteiger partial charge is 0.452 e. The van der Waals surface area contributed by atoms with E-state index in [1.54, 1.807) is 6.07 Å². The minimum atomic E-state index is -0.0764. The van der Waals surface area contributed by atoms with Crippen LogP contribution in [0.25, 0.3) is 17.1 Å². The average molecular weight is 387 g/mol. The van der Waals surface area contributed by atoms with Crippen molar-refractivity contribution in [2.75, 3.05) is 18.0 Å². The fourth-order valence-electron chi connectivity index (χ4n) is 4.78. The summed E-state index contributed by atoms with van der Waals surface area (Å²) in [7, 11) is 1.98. The maximum Gasteiger partial charge on any atom is 0.231 e. The lowest BCUT2D eigenvalue weighted by Crippen LogP contribution is -2.42. The highest BCUT2D eigenvalue weighted by atomic mass is 16.5. The lowest BCUT2D eigenvalue weighted by Gasteiger charge is -2.34. The van der Waals surface area contributed by atoms with Gasteiger partial charge in [-0.05, 0) is 37.1 Å². The number of fused-ring (bicyclic) bond motifs is 4. The number of hydrogen-bond donors (Lipinski definition) is 0. The van der Waals surface area contributed by atoms with Gasteiger partial charge in [0.25, 0.3) is 0 Å². The molecule has 3 aromatic rings. The number of ketones is 1. The van der Waals surface area contributed by atoms with Crippen LogP contribution in [-0.4, -0.2) is 40.6 Å². The van der Waals surface area contributed by atoms with Crippen molar-refractivity contribution >= 4 is 28.6 Å². The van der Waals surface area contributed by atoms with Crippen molar-refractivity contribution in [3.63, 3.8) is 0 Å². The van der Waals surface area contributed by atoms with Crippen molar-refractivity contribution in [1.29, 1.82) is 0 Å². The van der Waals surface area contributed by atoms with Gasteiger partial charge in [-0.3, -0.25) is 4.79 Å². The Balaban J connectivity index is 1.46. The number of aromatic nitrogens is 2. The van der Waals surface area contributed by atoms with Gasteiger partial charge in [0.05, 0.1) is 23.5 Å². The molecule has 2 fully saturated rings. The van der Waals surface area contributed by atoms with E-state index in [0.717, 1.165) is 48.2 Å². The van der Waals surface area contributed by atoms with Gasteiger partial charge in [0.2, 0.25) is 5.78 Å². The number of hydrogen-bond acceptors (Lipinski definition) is 5. The lowest BCUT2D eigenvalue weighted by molar-refractivity contribution is 0.0306. The molecule has 6 heteroatoms. The molecule has 0 N–H and O–H groups in total. The van der Waals surface area contributed by atoms with E-state index in [9.17, 15) is 4.79 Å². The number of ether oxygens (including phenoxy) is 2. The molecular weight excluding hydrogens is 366 g/mol. The Bertz CT molecular complexity index is 1170. The molecule has 2 unspecified atom stereocenters. The van der Waals surface area contributed by atoms with Gasteiger partial charge in [0.1, 0.15) is 11.4 Å². The van der Waals surface area contributed by atoms with Crippen LogP contribution in [0.15, 0.2) is 48.5 Å². The first-order chi connectivity index (χ1) is 14.2. The highest BCUT2D eigenvalue weighted by Gasteiger charge is 2.35. The van der Waals surface area contributed by atoms with Gasteiger partial charge in [0.15, 0.2) is 5.76 Å². The zero-order chi connectivity index (χ0) is 19.5. The van der Waals surface area contributed by atoms with E-state index in [1.165, 1.54) is 0 Å². The van der Waals surface area contributed by atoms with Gasteiger partial charge < -0.3 is 18.9 Å². The molecule has 6 nitrogen and oxygen atoms in total. The third-order valence-electron chi connectivity index (χ3n) is 6.11. The normalized spacial score (nSPS) is 24.4. The molecule has 2 atom stereocenters. The van der Waals surface area contributed by atoms with Crippen LogP contribution in [0.1, 0.15) is 28.8 Å². The molecule has 0 aliphatic carbocycles. The second-order valence-corrected chi connectivity index (χ2v) is 8.02. The SMILES string of the molecule is Cn1cc(C=C2Oc3ccccc3C2=O)c2c(N3CC4CCC(C3)O4)ccnc21. The lowest BCUT2D eigenvalue weighted by atomic mass is 10.1. The molecule has 0 radical (unpaired) electrons. The van der Waals surface area contributed by atoms with Crippen molar-refractivity contribution in [2.45, 2.75) is 25.0 Å². The fraction of sp³-hybridized carbons (Fsp3) is 0.304. The molecule has 2 saturated heterocycles. The van der Waals surface area contributed by atoms with E-state index in [2.05, 4.69) is 16.0 Å². The molecular formula is C23H21N3O3. The summed E-state index contributed by atoms with van der Waals surface area (Å²) >= 11 is 0. The van der Waals surface area contributed by atoms with Crippen molar-refractivity contribution < 1.29 is 14.3 Å². The molecule has 0 saturated carbocycles. The van der Waals surface area contributed by atoms with Crippen LogP contribution >= 0.6 is 0 Å². The van der Waals surface area contributed by atoms with Crippen LogP contribution in [0, 0.1) is 0 Å². The predicted molar refractivity (Wildman–Crippen MR) is 110 cm³/mol. The third-order valence-corrected chi connectivity index (χ3v) is 6.11. The Labute approximate surface area is 168 Å². The first-order valence-electron chi connectivity index (χ1n) is 10.0. The van der Waals surface area contributed by atoms with Crippen molar-refractivity contribution in [2.24, 2.45) is 7.05 Å². The topological polar surface area (TPSA) is 56.6 Å². The number of pyridine rings is 1. The molecule has 29 heavy (non-hydrogen) atoms. The van der Waals surface area contributed by atoms with Crippen LogP contribution < -0.4 is 9.64 Å². The molecule has 6 rings (SSSR count). The van der Waals surface area contributed by atoms with E-state index in [4.69, 9.17) is 9.47 Å². The van der Waals surface area contributed by atoms with Crippen LogP contribution in [-0.2, 0) is 11.8 Å². The Hall–Kier alpha value is -3.12. The highest BCUT2D eigenvalue weighted by Crippen LogP contribution is 2.37. The van der Waals surface area contributed by atoms with Crippen LogP contribution in [0.5, 0.6) is 5.75 Å². The first-order valence-corrected chi connectivity index (χ1v) is 10.0. The first kappa shape index (κ1) is 16.8. The highest BCUT2D eigenvalue weighted by molar-refractivity contribution is 6.15. The Kier molecular flexibility index (Phi) is 3.59. The molecule has 2 bridgehead atoms. The smallest absolute Gasteiger partial charge is 0.231 e. The quantitative estimate of drug-likeness (QED) is 0.630. The Morgan fingerprint density at radius 1 is 1.14 bits per heavy atom. The Morgan fingerprint density at radius 2 is 1.93 bits per heavy atom. The van der Waals surface area contributed by atoms with Crippen LogP contribution in [0.3, 0.4) is 0 Å². The standard InChI is InChI=1S/C23H21N3O3/c1-25-11-14(10-20-22(27)17-4-2-3-5-19(17)29-20)21-18(8-9-24-23(21)25)26-12-15-6-7-16(13-26)28-15/h2-5,8-11,15-16H,6-7,12-13H2,1H3. The molecule has 3 aliphatic rings. The number of carbonyl (C=O) groups excluding carboxylic acids is 1. The van der Waals surface area contributed by atoms with Crippen LogP contribution in [0.4, 0.5) is 5.69 Å². The number of carbonyl (C=O) groups is 1. The number of benzene rings is 1. The number of morpholine rings is 1. The van der Waals surface area contributed by atoms with Crippen molar-refractivity contribution in [1.82, 2.24) is 9.55 Å². The summed E-state index contributed by atoms with van der Waals surface area (Å²) in [4.78, 5) is 19.8. The number of Topliss-reactive ketones (excluding diaryl/α,β-unsaturated/α-hetero) is 1. The molecule has 2 aromatic heterocycles. The van der Waals surface area contributed by atoms with Crippen molar-refractivity contribution in [3.05, 3.63) is 59.6 Å². The van der Waals surface area contributed by atoms with Crippen LogP contribution in [0.2, 0.25) is 0 Å². The number of allylic oxidation sites excluding steroid dienone is 1. The summed E-state index contributed by atoms with van der Waals surface area (Å²) in [5, 5.41) is 1.05. The molecule has 5 heterocycles. The van der Waals surface area contributed by atoms with Gasteiger partial charge in [-0.15, -0.1) is 0 Å². The zero-order valence-electron chi connectivity index (χ0n) is 16.2. The van der Waals surface area contributed by atoms with Gasteiger partial charge >= 0.3 is 0 Å². The summed E-state index contributed by atoms with van der Waals surface area (Å²) in [5.74, 6) is 0.898. The van der Waals surface area contributed by atoms with Gasteiger partial charge in [0, 0.05) is 43.5 Å². The summed E-state index contributed by atoms with van der Waals surface area (Å²) in [6, 6.07) is 9.43. The number of aryl methyl sites for hydroxylation is 1. The van der Waals surface area contributed by atoms with Gasteiger partial charge in [-0.1, -0.05) is 12.1 Å². The Morgan fingerprint density at radius 3 is 2.72 bits per heavy atom. The summed E-state index contributed by atoms with van der Waals surface area (Å²) in [6.45, 7) is 1.78. The molecule has 146 valence electrons. The molecule has 0 amide bonds. The second kappa shape index (κ2) is 6.19. The van der Waals surface area contributed by atoms with E-state index in [0.29, 0.717) is 29.3 Å². The second-order valence-electron chi connectivity index (χ2n) is 8.02. The van der Waals surface area contributed by atoms with E-state index < -0.39 is 0 Å². The minimum Gasteiger partial charge on any atom is -0.452 e. The third kappa shape index (κ3) is 2.59. The zero-order valence-corrected chi connectivity index (χ0v) is 16.2. The van der Waals surface area contributed by atoms with E-state index in [-0.39, 0.29) is 5.78 Å². The minimum absolute atomic E-state index is 0.0764. The number of para-hydroxylation sites is 1. The molecule has 1 aromatic carbocycles. The van der Waals surface area contributed by atoms with Gasteiger partial charge in [-0.2, -0.15) is 0 Å². The maximum atomic E-state index is 12.8. The molecule has 0 spiro atoms. The van der Waals surface area contributed by atoms with Crippen molar-refractivity contribution in [3.8, 4) is 5.75 Å². The van der Waals surface area contributed by atoms with Gasteiger partial charge in [-0.25, -0.2) is 4.98 Å². The number of nitrogens with zero attached hydrogens (tertiary/aromatic N) is 3. The predicted octanol–water partition coefficient (Wildman–Crippen LogP) is 3.56. The maximum absolute atomic E-state index is 12.8. The van der Waals surface area contributed by atoms with E-state index in [1.807, 2.05) is 48.3 Å². The van der Waals surface area contributed by atoms with E-state index >= 15 is 0 Å². The summed E-state index contributed by atoms with van der Waals surface area (Å²) < 4.78 is 13.9. The monoisotopic (exact) mass is 387 g/mol. The summed E-state index contributed by atoms with van der Waals surface area (Å²) in [6.07, 6.45) is 8.59. The number of rotatable bonds is 2. The fourth-order valence-corrected chi connectivity index (χ4v) is 4.78.